The van der Waals surface area contributed by atoms with Gasteiger partial charge in [0.1, 0.15) is 6.10 Å². The molecule has 220 valence electrons. The van der Waals surface area contributed by atoms with E-state index in [9.17, 15) is 5.11 Å². The van der Waals surface area contributed by atoms with Crippen molar-refractivity contribution in [3.63, 3.8) is 0 Å². The fourth-order valence-corrected chi connectivity index (χ4v) is 12.9. The lowest BCUT2D eigenvalue weighted by Crippen LogP contribution is -2.70. The molecule has 0 aromatic heterocycles. The van der Waals surface area contributed by atoms with Gasteiger partial charge in [-0.15, -0.1) is 0 Å². The molecule has 3 fully saturated rings. The number of rotatable bonds is 8. The number of fused-ring (bicyclic) bond motifs is 2. The Morgan fingerprint density at radius 2 is 1.32 bits per heavy atom. The zero-order valence-electron chi connectivity index (χ0n) is 25.1. The summed E-state index contributed by atoms with van der Waals surface area (Å²) in [6.45, 7) is 7.30. The third kappa shape index (κ3) is 4.81. The smallest absolute Gasteiger partial charge is 0.261 e. The van der Waals surface area contributed by atoms with Crippen LogP contribution in [0.5, 0.6) is 0 Å². The predicted octanol–water partition coefficient (Wildman–Crippen LogP) is 4.67. The Hall–Kier alpha value is -1.58. The first-order valence-electron chi connectivity index (χ1n) is 14.9. The van der Waals surface area contributed by atoms with E-state index in [1.165, 1.54) is 10.4 Å². The van der Waals surface area contributed by atoms with Gasteiger partial charge >= 0.3 is 0 Å². The largest absolute Gasteiger partial charge is 0.405 e. The molecule has 0 unspecified atom stereocenters. The molecule has 1 heterocycles. The van der Waals surface area contributed by atoms with Crippen molar-refractivity contribution in [2.75, 3.05) is 27.9 Å². The van der Waals surface area contributed by atoms with Crippen LogP contribution >= 0.6 is 0 Å². The van der Waals surface area contributed by atoms with E-state index in [1.54, 1.807) is 7.11 Å². The summed E-state index contributed by atoms with van der Waals surface area (Å²) in [5.41, 5.74) is -0.818. The van der Waals surface area contributed by atoms with Crippen LogP contribution in [0.3, 0.4) is 0 Å². The minimum atomic E-state index is -2.76. The van der Waals surface area contributed by atoms with Gasteiger partial charge in [-0.2, -0.15) is 0 Å². The summed E-state index contributed by atoms with van der Waals surface area (Å²) in [6, 6.07) is 21.4. The third-order valence-electron chi connectivity index (χ3n) is 10.3. The van der Waals surface area contributed by atoms with Crippen LogP contribution in [0.25, 0.3) is 0 Å². The van der Waals surface area contributed by atoms with Gasteiger partial charge in [0.05, 0.1) is 23.9 Å². The predicted molar refractivity (Wildman–Crippen MR) is 159 cm³/mol. The van der Waals surface area contributed by atoms with Crippen molar-refractivity contribution in [1.82, 2.24) is 0 Å². The van der Waals surface area contributed by atoms with Gasteiger partial charge in [-0.1, -0.05) is 94.3 Å². The summed E-state index contributed by atoms with van der Waals surface area (Å²) in [7, 11) is 2.49. The average Bonchev–Trinajstić information content (AvgIpc) is 2.98. The van der Waals surface area contributed by atoms with Crippen molar-refractivity contribution >= 4 is 18.7 Å². The van der Waals surface area contributed by atoms with Crippen molar-refractivity contribution in [2.24, 2.45) is 11.8 Å². The molecule has 1 N–H and O–H groups in total. The Morgan fingerprint density at radius 1 is 0.825 bits per heavy atom. The number of aliphatic hydroxyl groups is 1. The van der Waals surface area contributed by atoms with E-state index in [-0.39, 0.29) is 23.0 Å². The quantitative estimate of drug-likeness (QED) is 0.467. The molecular weight excluding hydrogens is 520 g/mol. The molecule has 0 radical (unpaired) electrons. The molecule has 2 aromatic rings. The maximum atomic E-state index is 11.5. The van der Waals surface area contributed by atoms with E-state index < -0.39 is 31.9 Å². The van der Waals surface area contributed by atoms with Gasteiger partial charge in [-0.3, -0.25) is 0 Å². The SMILES string of the molecule is CO[C@H]1O[C@H](CO[Si](c2ccccc2)(c2ccccc2)C(C)(C)C)[C@H]2C[C@@]3(OC)CCCC[C@]3(OC)C[C@@H]2[C@@H]1O. The number of ether oxygens (including phenoxy) is 4. The highest BCUT2D eigenvalue weighted by Gasteiger charge is 2.64. The number of methoxy groups -OCH3 is 3. The lowest BCUT2D eigenvalue weighted by atomic mass is 9.55. The highest BCUT2D eigenvalue weighted by atomic mass is 28.4. The minimum absolute atomic E-state index is 0.0345. The first kappa shape index (κ1) is 29.9. The molecule has 0 amide bonds. The monoisotopic (exact) mass is 568 g/mol. The van der Waals surface area contributed by atoms with Crippen molar-refractivity contribution in [3.05, 3.63) is 60.7 Å². The van der Waals surface area contributed by atoms with Crippen LogP contribution in [0.15, 0.2) is 60.7 Å². The zero-order chi connectivity index (χ0) is 28.6. The molecule has 40 heavy (non-hydrogen) atoms. The molecule has 2 saturated carbocycles. The summed E-state index contributed by atoms with van der Waals surface area (Å²) >= 11 is 0. The van der Waals surface area contributed by atoms with Gasteiger partial charge in [0, 0.05) is 21.3 Å². The van der Waals surface area contributed by atoms with E-state index in [0.717, 1.165) is 38.5 Å². The first-order valence-corrected chi connectivity index (χ1v) is 16.8. The average molecular weight is 569 g/mol. The topological polar surface area (TPSA) is 66.4 Å². The van der Waals surface area contributed by atoms with Crippen LogP contribution in [0.1, 0.15) is 59.3 Å². The Bertz CT molecular complexity index is 1070. The normalized spacial score (nSPS) is 34.6. The summed E-state index contributed by atoms with van der Waals surface area (Å²) in [5, 5.41) is 13.8. The molecular formula is C33H48O6Si. The lowest BCUT2D eigenvalue weighted by Gasteiger charge is -2.61. The van der Waals surface area contributed by atoms with Gasteiger partial charge in [0.25, 0.3) is 8.32 Å². The maximum Gasteiger partial charge on any atom is 0.261 e. The summed E-state index contributed by atoms with van der Waals surface area (Å²) in [6.07, 6.45) is 3.92. The highest BCUT2D eigenvalue weighted by Crippen LogP contribution is 2.57. The van der Waals surface area contributed by atoms with Gasteiger partial charge in [-0.05, 0) is 52.9 Å². The Morgan fingerprint density at radius 3 is 1.77 bits per heavy atom. The fraction of sp³-hybridized carbons (Fsp3) is 0.636. The van der Waals surface area contributed by atoms with Crippen molar-refractivity contribution < 1.29 is 28.5 Å². The fourth-order valence-electron chi connectivity index (χ4n) is 8.32. The maximum absolute atomic E-state index is 11.5. The molecule has 7 atom stereocenters. The van der Waals surface area contributed by atoms with E-state index in [4.69, 9.17) is 23.4 Å². The highest BCUT2D eigenvalue weighted by molar-refractivity contribution is 6.99. The summed E-state index contributed by atoms with van der Waals surface area (Å²) in [4.78, 5) is 0. The van der Waals surface area contributed by atoms with Gasteiger partial charge in [0.15, 0.2) is 6.29 Å². The van der Waals surface area contributed by atoms with E-state index in [2.05, 4.69) is 81.4 Å². The Labute approximate surface area is 241 Å². The first-order chi connectivity index (χ1) is 19.2. The lowest BCUT2D eigenvalue weighted by molar-refractivity contribution is -0.317. The number of aliphatic hydroxyl groups excluding tert-OH is 1. The van der Waals surface area contributed by atoms with Crippen molar-refractivity contribution in [1.29, 1.82) is 0 Å². The third-order valence-corrected chi connectivity index (χ3v) is 15.3. The van der Waals surface area contributed by atoms with Crippen LogP contribution in [0.2, 0.25) is 5.04 Å². The second-order valence-electron chi connectivity index (χ2n) is 13.1. The summed E-state index contributed by atoms with van der Waals surface area (Å²) in [5.74, 6) is 0.0220. The molecule has 2 aromatic carbocycles. The second-order valence-corrected chi connectivity index (χ2v) is 17.4. The molecule has 1 aliphatic heterocycles. The van der Waals surface area contributed by atoms with E-state index in [0.29, 0.717) is 6.61 Å². The molecule has 0 spiro atoms. The van der Waals surface area contributed by atoms with E-state index in [1.807, 2.05) is 14.2 Å². The van der Waals surface area contributed by atoms with Crippen LogP contribution in [-0.4, -0.2) is 71.1 Å². The zero-order valence-corrected chi connectivity index (χ0v) is 26.1. The van der Waals surface area contributed by atoms with E-state index >= 15 is 0 Å². The molecule has 5 rings (SSSR count). The molecule has 7 heteroatoms. The van der Waals surface area contributed by atoms with Crippen molar-refractivity contribution in [3.8, 4) is 0 Å². The van der Waals surface area contributed by atoms with Gasteiger partial charge < -0.3 is 28.5 Å². The number of hydrogen-bond donors (Lipinski definition) is 1. The van der Waals surface area contributed by atoms with Crippen molar-refractivity contribution in [2.45, 2.75) is 94.0 Å². The number of benzene rings is 2. The van der Waals surface area contributed by atoms with Crippen LogP contribution in [0.4, 0.5) is 0 Å². The summed E-state index contributed by atoms with van der Waals surface area (Å²) < 4.78 is 32.3. The molecule has 2 aliphatic carbocycles. The molecule has 3 aliphatic rings. The molecule has 1 saturated heterocycles. The Balaban J connectivity index is 1.54. The number of hydrogen-bond acceptors (Lipinski definition) is 6. The van der Waals surface area contributed by atoms with Gasteiger partial charge in [0.2, 0.25) is 0 Å². The van der Waals surface area contributed by atoms with Crippen LogP contribution in [-0.2, 0) is 23.4 Å². The molecule has 6 nitrogen and oxygen atoms in total. The second kappa shape index (κ2) is 11.6. The minimum Gasteiger partial charge on any atom is -0.405 e. The van der Waals surface area contributed by atoms with Gasteiger partial charge in [-0.25, -0.2) is 0 Å². The van der Waals surface area contributed by atoms with Crippen LogP contribution in [0, 0.1) is 11.8 Å². The molecule has 0 bridgehead atoms. The van der Waals surface area contributed by atoms with Crippen LogP contribution < -0.4 is 10.4 Å². The standard InChI is InChI=1S/C33H48O6Si/c1-31(2,3)40(24-15-9-7-10-16-24,25-17-11-8-12-18-25)38-23-28-26-21-32(36-5)19-13-14-20-33(32,37-6)22-27(26)29(34)30(35-4)39-28/h7-12,15-18,26-30,34H,13-14,19-23H2,1-6H3/t26-,27-,28+,29-,30-,32-,33-/m0/s1. The Kier molecular flexibility index (Phi) is 8.67.